The Labute approximate surface area is 233 Å². The molecule has 40 heavy (non-hydrogen) atoms. The Morgan fingerprint density at radius 1 is 1.10 bits per heavy atom. The highest BCUT2D eigenvalue weighted by Crippen LogP contribution is 2.38. The van der Waals surface area contributed by atoms with Crippen LogP contribution in [0.2, 0.25) is 0 Å². The SMILES string of the molecule is COc1cc(-c2cccc(-c3cccc(NC(=O)C4CNCCO4)c3C)c2C)cc(F)c1CN1CC(C(=O)O)C1. The summed E-state index contributed by atoms with van der Waals surface area (Å²) in [6.45, 7) is 6.76. The summed E-state index contributed by atoms with van der Waals surface area (Å²) >= 11 is 0. The summed E-state index contributed by atoms with van der Waals surface area (Å²) < 4.78 is 26.6. The Bertz CT molecular complexity index is 1430. The smallest absolute Gasteiger partial charge is 0.309 e. The second kappa shape index (κ2) is 11.8. The summed E-state index contributed by atoms with van der Waals surface area (Å²) in [6.07, 6.45) is -0.533. The van der Waals surface area contributed by atoms with E-state index >= 15 is 4.39 Å². The fraction of sp³-hybridized carbons (Fsp3) is 0.355. The number of aliphatic carboxylic acids is 1. The minimum atomic E-state index is -0.826. The van der Waals surface area contributed by atoms with Crippen LogP contribution in [0.4, 0.5) is 10.1 Å². The first-order chi connectivity index (χ1) is 19.3. The molecule has 2 aliphatic heterocycles. The molecule has 0 spiro atoms. The van der Waals surface area contributed by atoms with Gasteiger partial charge in [-0.3, -0.25) is 14.5 Å². The van der Waals surface area contributed by atoms with Crippen molar-refractivity contribution in [2.45, 2.75) is 26.5 Å². The molecule has 0 aliphatic carbocycles. The number of halogens is 1. The van der Waals surface area contributed by atoms with Gasteiger partial charge in [-0.2, -0.15) is 0 Å². The molecule has 5 rings (SSSR count). The molecule has 0 saturated carbocycles. The Morgan fingerprint density at radius 3 is 2.48 bits per heavy atom. The summed E-state index contributed by atoms with van der Waals surface area (Å²) in [4.78, 5) is 25.8. The zero-order chi connectivity index (χ0) is 28.4. The highest BCUT2D eigenvalue weighted by Gasteiger charge is 2.33. The maximum Gasteiger partial charge on any atom is 0.309 e. The van der Waals surface area contributed by atoms with E-state index in [2.05, 4.69) is 10.6 Å². The number of carboxylic acid groups (broad SMARTS) is 1. The van der Waals surface area contributed by atoms with E-state index in [0.29, 0.717) is 43.1 Å². The second-order valence-electron chi connectivity index (χ2n) is 10.4. The van der Waals surface area contributed by atoms with Gasteiger partial charge in [0.15, 0.2) is 0 Å². The lowest BCUT2D eigenvalue weighted by Gasteiger charge is -2.36. The van der Waals surface area contributed by atoms with Gasteiger partial charge < -0.3 is 25.2 Å². The monoisotopic (exact) mass is 547 g/mol. The van der Waals surface area contributed by atoms with Crippen LogP contribution in [-0.2, 0) is 20.9 Å². The average molecular weight is 548 g/mol. The number of carbonyl (C=O) groups is 2. The number of morpholine rings is 1. The predicted molar refractivity (Wildman–Crippen MR) is 151 cm³/mol. The number of benzene rings is 3. The van der Waals surface area contributed by atoms with Gasteiger partial charge in [0.2, 0.25) is 0 Å². The zero-order valence-electron chi connectivity index (χ0n) is 22.9. The van der Waals surface area contributed by atoms with Crippen molar-refractivity contribution in [2.24, 2.45) is 5.92 Å². The summed E-state index contributed by atoms with van der Waals surface area (Å²) in [5.41, 5.74) is 6.53. The van der Waals surface area contributed by atoms with Gasteiger partial charge in [-0.15, -0.1) is 0 Å². The molecule has 1 amide bonds. The molecule has 1 unspecified atom stereocenters. The van der Waals surface area contributed by atoms with Gasteiger partial charge in [-0.05, 0) is 65.4 Å². The molecule has 8 nitrogen and oxygen atoms in total. The number of nitrogens with zero attached hydrogens (tertiary/aromatic N) is 1. The number of carbonyl (C=O) groups excluding carboxylic acids is 1. The van der Waals surface area contributed by atoms with Gasteiger partial charge in [0.05, 0.1) is 19.6 Å². The Kier molecular flexibility index (Phi) is 8.16. The molecule has 9 heteroatoms. The quantitative estimate of drug-likeness (QED) is 0.388. The van der Waals surface area contributed by atoms with Crippen LogP contribution in [0, 0.1) is 25.6 Å². The van der Waals surface area contributed by atoms with E-state index in [4.69, 9.17) is 14.6 Å². The van der Waals surface area contributed by atoms with Crippen LogP contribution < -0.4 is 15.4 Å². The average Bonchev–Trinajstić information content (AvgIpc) is 2.92. The minimum absolute atomic E-state index is 0.183. The van der Waals surface area contributed by atoms with Crippen LogP contribution in [0.1, 0.15) is 16.7 Å². The van der Waals surface area contributed by atoms with Crippen LogP contribution in [0.15, 0.2) is 48.5 Å². The van der Waals surface area contributed by atoms with Gasteiger partial charge in [-0.1, -0.05) is 30.3 Å². The lowest BCUT2D eigenvalue weighted by atomic mass is 9.90. The number of amides is 1. The van der Waals surface area contributed by atoms with Gasteiger partial charge >= 0.3 is 5.97 Å². The van der Waals surface area contributed by atoms with E-state index in [1.807, 2.05) is 61.2 Å². The van der Waals surface area contributed by atoms with Crippen molar-refractivity contribution in [1.29, 1.82) is 0 Å². The Hall–Kier alpha value is -3.79. The predicted octanol–water partition coefficient (Wildman–Crippen LogP) is 4.23. The van der Waals surface area contributed by atoms with Gasteiger partial charge in [0.25, 0.3) is 5.91 Å². The summed E-state index contributed by atoms with van der Waals surface area (Å²) in [5, 5.41) is 15.3. The maximum atomic E-state index is 15.4. The van der Waals surface area contributed by atoms with Crippen molar-refractivity contribution in [3.8, 4) is 28.0 Å². The second-order valence-corrected chi connectivity index (χ2v) is 10.4. The van der Waals surface area contributed by atoms with Crippen LogP contribution in [-0.4, -0.2) is 67.9 Å². The number of rotatable bonds is 8. The van der Waals surface area contributed by atoms with Gasteiger partial charge in [0, 0.05) is 44.0 Å². The van der Waals surface area contributed by atoms with E-state index in [0.717, 1.165) is 40.0 Å². The molecule has 2 heterocycles. The number of ether oxygens (including phenoxy) is 2. The molecule has 2 aliphatic rings. The van der Waals surface area contributed by atoms with Crippen molar-refractivity contribution < 1.29 is 28.6 Å². The number of anilines is 1. The van der Waals surface area contributed by atoms with Crippen LogP contribution >= 0.6 is 0 Å². The third-order valence-corrected chi connectivity index (χ3v) is 7.81. The van der Waals surface area contributed by atoms with Gasteiger partial charge in [-0.25, -0.2) is 4.39 Å². The van der Waals surface area contributed by atoms with Gasteiger partial charge in [0.1, 0.15) is 17.7 Å². The Morgan fingerprint density at radius 2 is 1.80 bits per heavy atom. The fourth-order valence-corrected chi connectivity index (χ4v) is 5.43. The molecular weight excluding hydrogens is 513 g/mol. The largest absolute Gasteiger partial charge is 0.496 e. The van der Waals surface area contributed by atoms with Crippen LogP contribution in [0.5, 0.6) is 5.75 Å². The standard InChI is InChI=1S/C31H34FN3O5/c1-18-22(20-12-26(32)25(28(13-20)39-3)17-35-15-21(16-35)31(37)38)6-4-7-23(18)24-8-5-9-27(19(24)2)34-30(36)29-14-33-10-11-40-29/h4-9,12-13,21,29,33H,10-11,14-17H2,1-3H3,(H,34,36)(H,37,38). The number of nitrogens with one attached hydrogen (secondary N) is 2. The summed E-state index contributed by atoms with van der Waals surface area (Å²) in [6, 6.07) is 15.1. The number of hydrogen-bond acceptors (Lipinski definition) is 6. The number of carboxylic acids is 1. The highest BCUT2D eigenvalue weighted by atomic mass is 19.1. The molecule has 2 fully saturated rings. The number of likely N-dealkylation sites (tertiary alicyclic amines) is 1. The molecule has 3 aromatic rings. The first-order valence-electron chi connectivity index (χ1n) is 13.4. The van der Waals surface area contributed by atoms with E-state index in [1.165, 1.54) is 13.2 Å². The van der Waals surface area contributed by atoms with Crippen molar-refractivity contribution in [2.75, 3.05) is 45.2 Å². The normalized spacial score (nSPS) is 17.8. The third-order valence-electron chi connectivity index (χ3n) is 7.81. The van der Waals surface area contributed by atoms with E-state index < -0.39 is 23.8 Å². The minimum Gasteiger partial charge on any atom is -0.496 e. The maximum absolute atomic E-state index is 15.4. The number of hydrogen-bond donors (Lipinski definition) is 3. The van der Waals surface area contributed by atoms with Crippen molar-refractivity contribution in [3.05, 3.63) is 71.0 Å². The lowest BCUT2D eigenvalue weighted by Crippen LogP contribution is -2.49. The van der Waals surface area contributed by atoms with E-state index in [1.54, 1.807) is 0 Å². The third kappa shape index (κ3) is 5.58. The molecule has 0 radical (unpaired) electrons. The summed E-state index contributed by atoms with van der Waals surface area (Å²) in [5.74, 6) is -1.38. The summed E-state index contributed by atoms with van der Waals surface area (Å²) in [7, 11) is 1.51. The molecule has 2 saturated heterocycles. The molecule has 0 aromatic heterocycles. The highest BCUT2D eigenvalue weighted by molar-refractivity contribution is 5.96. The molecule has 0 bridgehead atoms. The first kappa shape index (κ1) is 27.8. The van der Waals surface area contributed by atoms with E-state index in [9.17, 15) is 9.59 Å². The van der Waals surface area contributed by atoms with E-state index in [-0.39, 0.29) is 12.5 Å². The van der Waals surface area contributed by atoms with Crippen LogP contribution in [0.3, 0.4) is 0 Å². The first-order valence-corrected chi connectivity index (χ1v) is 13.4. The lowest BCUT2D eigenvalue weighted by molar-refractivity contribution is -0.147. The zero-order valence-corrected chi connectivity index (χ0v) is 22.9. The van der Waals surface area contributed by atoms with Crippen molar-refractivity contribution >= 4 is 17.6 Å². The fourth-order valence-electron chi connectivity index (χ4n) is 5.43. The van der Waals surface area contributed by atoms with Crippen molar-refractivity contribution in [1.82, 2.24) is 10.2 Å². The van der Waals surface area contributed by atoms with Crippen LogP contribution in [0.25, 0.3) is 22.3 Å². The molecule has 3 N–H and O–H groups in total. The molecule has 3 aromatic carbocycles. The molecular formula is C31H34FN3O5. The Balaban J connectivity index is 1.42. The topological polar surface area (TPSA) is 100 Å². The molecule has 1 atom stereocenters. The van der Waals surface area contributed by atoms with Crippen molar-refractivity contribution in [3.63, 3.8) is 0 Å². The number of methoxy groups -OCH3 is 1. The molecule has 210 valence electrons.